The van der Waals surface area contributed by atoms with Gasteiger partial charge in [0, 0.05) is 16.0 Å². The number of Topliss-reactive ketones (excluding diaryl/α,β-unsaturated/α-hetero) is 1. The average molecular weight is 527 g/mol. The van der Waals surface area contributed by atoms with Crippen molar-refractivity contribution >= 4 is 67.1 Å². The monoisotopic (exact) mass is 526 g/mol. The van der Waals surface area contributed by atoms with Gasteiger partial charge in [0.05, 0.1) is 35.6 Å². The molecule has 0 aliphatic carbocycles. The summed E-state index contributed by atoms with van der Waals surface area (Å²) in [6.07, 6.45) is 0. The van der Waals surface area contributed by atoms with Crippen molar-refractivity contribution in [1.82, 2.24) is 4.98 Å². The summed E-state index contributed by atoms with van der Waals surface area (Å²) in [5.74, 6) is -1.06. The smallest absolute Gasteiger partial charge is 0.301 e. The topological polar surface area (TPSA) is 89.0 Å². The second-order valence-electron chi connectivity index (χ2n) is 7.82. The van der Waals surface area contributed by atoms with Crippen LogP contribution in [0.4, 0.5) is 5.13 Å². The number of ketones is 1. The van der Waals surface area contributed by atoms with Crippen molar-refractivity contribution in [2.75, 3.05) is 19.1 Å². The molecule has 4 aromatic rings. The predicted molar refractivity (Wildman–Crippen MR) is 138 cm³/mol. The molecule has 0 bridgehead atoms. The van der Waals surface area contributed by atoms with Gasteiger partial charge < -0.3 is 14.6 Å². The van der Waals surface area contributed by atoms with Crippen molar-refractivity contribution in [3.05, 3.63) is 74.4 Å². The zero-order chi connectivity index (χ0) is 24.9. The van der Waals surface area contributed by atoms with Crippen molar-refractivity contribution in [1.29, 1.82) is 0 Å². The highest BCUT2D eigenvalue weighted by Crippen LogP contribution is 2.46. The van der Waals surface area contributed by atoms with Crippen molar-refractivity contribution in [2.24, 2.45) is 0 Å². The van der Waals surface area contributed by atoms with Crippen LogP contribution in [0.1, 0.15) is 22.0 Å². The van der Waals surface area contributed by atoms with E-state index >= 15 is 0 Å². The predicted octanol–water partition coefficient (Wildman–Crippen LogP) is 5.96. The van der Waals surface area contributed by atoms with E-state index in [0.29, 0.717) is 32.0 Å². The number of aromatic nitrogens is 1. The number of anilines is 1. The lowest BCUT2D eigenvalue weighted by Gasteiger charge is -2.21. The van der Waals surface area contributed by atoms with Gasteiger partial charge in [-0.3, -0.25) is 14.5 Å². The highest BCUT2D eigenvalue weighted by Gasteiger charge is 2.48. The molecule has 1 aliphatic rings. The summed E-state index contributed by atoms with van der Waals surface area (Å²) in [5, 5.41) is 14.1. The third kappa shape index (κ3) is 3.85. The first-order valence-electron chi connectivity index (χ1n) is 10.5. The molecule has 7 nitrogen and oxygen atoms in total. The minimum absolute atomic E-state index is 0.0330. The van der Waals surface area contributed by atoms with Gasteiger partial charge in [0.1, 0.15) is 23.3 Å². The Hall–Kier alpha value is -3.40. The van der Waals surface area contributed by atoms with Gasteiger partial charge in [-0.1, -0.05) is 29.0 Å². The number of aliphatic hydroxyl groups is 1. The van der Waals surface area contributed by atoms with Gasteiger partial charge >= 0.3 is 5.91 Å². The minimum Gasteiger partial charge on any atom is -0.507 e. The molecular weight excluding hydrogens is 508 g/mol. The maximum absolute atomic E-state index is 13.3. The number of ether oxygens (including phenoxy) is 2. The van der Waals surface area contributed by atoms with Crippen LogP contribution in [0.5, 0.6) is 11.5 Å². The molecule has 3 heterocycles. The molecule has 1 atom stereocenters. The molecule has 35 heavy (non-hydrogen) atoms. The fourth-order valence-corrected chi connectivity index (χ4v) is 6.08. The number of benzene rings is 2. The standard InChI is InChI=1S/C25H19ClN2O5S2/c1-12-9-19-16(11-15(12)26)27-25(35-19)28-21(18-5-4-8-34-18)20(23(30)24(28)31)22(29)14-7-6-13(32-2)10-17(14)33-3/h4-11,21,29H,1-3H3/b22-20+. The number of hydrogen-bond acceptors (Lipinski definition) is 8. The van der Waals surface area contributed by atoms with Gasteiger partial charge in [-0.2, -0.15) is 0 Å². The zero-order valence-electron chi connectivity index (χ0n) is 18.9. The normalized spacial score (nSPS) is 17.4. The fraction of sp³-hybridized carbons (Fsp3) is 0.160. The van der Waals surface area contributed by atoms with E-state index in [9.17, 15) is 14.7 Å². The van der Waals surface area contributed by atoms with Gasteiger partial charge in [0.2, 0.25) is 0 Å². The lowest BCUT2D eigenvalue weighted by molar-refractivity contribution is -0.132. The van der Waals surface area contributed by atoms with Crippen molar-refractivity contribution < 1.29 is 24.2 Å². The number of thiophene rings is 1. The molecule has 178 valence electrons. The zero-order valence-corrected chi connectivity index (χ0v) is 21.3. The molecule has 1 fully saturated rings. The number of methoxy groups -OCH3 is 2. The Bertz CT molecular complexity index is 1470. The summed E-state index contributed by atoms with van der Waals surface area (Å²) < 4.78 is 11.5. The molecule has 2 aromatic heterocycles. The number of hydrogen-bond donors (Lipinski definition) is 1. The Labute approximate surface area is 213 Å². The highest BCUT2D eigenvalue weighted by molar-refractivity contribution is 7.22. The summed E-state index contributed by atoms with van der Waals surface area (Å²) in [6.45, 7) is 1.89. The van der Waals surface area contributed by atoms with Crippen LogP contribution in [-0.2, 0) is 9.59 Å². The molecular formula is C25H19ClN2O5S2. The molecule has 10 heteroatoms. The number of aliphatic hydroxyl groups excluding tert-OH is 1. The van der Waals surface area contributed by atoms with E-state index < -0.39 is 17.7 Å². The largest absolute Gasteiger partial charge is 0.507 e. The van der Waals surface area contributed by atoms with Crippen LogP contribution in [-0.4, -0.2) is 36.0 Å². The molecule has 2 aromatic carbocycles. The van der Waals surface area contributed by atoms with E-state index in [1.54, 1.807) is 24.3 Å². The van der Waals surface area contributed by atoms with Crippen LogP contribution in [0, 0.1) is 6.92 Å². The van der Waals surface area contributed by atoms with Crippen molar-refractivity contribution in [2.45, 2.75) is 13.0 Å². The number of carbonyl (C=O) groups excluding carboxylic acids is 2. The lowest BCUT2D eigenvalue weighted by Crippen LogP contribution is -2.28. The molecule has 1 aliphatic heterocycles. The molecule has 1 N–H and O–H groups in total. The van der Waals surface area contributed by atoms with E-state index in [4.69, 9.17) is 21.1 Å². The second-order valence-corrected chi connectivity index (χ2v) is 10.2. The van der Waals surface area contributed by atoms with E-state index in [2.05, 4.69) is 4.98 Å². The van der Waals surface area contributed by atoms with Crippen molar-refractivity contribution in [3.8, 4) is 11.5 Å². The van der Waals surface area contributed by atoms with Crippen LogP contribution >= 0.6 is 34.3 Å². The number of nitrogens with zero attached hydrogens (tertiary/aromatic N) is 2. The average Bonchev–Trinajstić information content (AvgIpc) is 3.57. The first-order chi connectivity index (χ1) is 16.8. The number of amides is 1. The Morgan fingerprint density at radius 2 is 1.94 bits per heavy atom. The number of aryl methyl sites for hydroxylation is 1. The fourth-order valence-electron chi connectivity index (χ4n) is 4.03. The second kappa shape index (κ2) is 8.99. The molecule has 0 spiro atoms. The van der Waals surface area contributed by atoms with Crippen LogP contribution in [0.25, 0.3) is 16.0 Å². The van der Waals surface area contributed by atoms with Crippen molar-refractivity contribution in [3.63, 3.8) is 0 Å². The molecule has 0 saturated carbocycles. The SMILES string of the molecule is COc1ccc(/C(O)=C2\C(=O)C(=O)N(c3nc4cc(Cl)c(C)cc4s3)C2c2cccs2)c(OC)c1. The van der Waals surface area contributed by atoms with E-state index in [1.165, 1.54) is 41.8 Å². The summed E-state index contributed by atoms with van der Waals surface area (Å²) >= 11 is 8.94. The van der Waals surface area contributed by atoms with E-state index in [1.807, 2.05) is 30.5 Å². The first kappa shape index (κ1) is 23.3. The van der Waals surface area contributed by atoms with Crippen LogP contribution in [0.3, 0.4) is 0 Å². The van der Waals surface area contributed by atoms with Crippen LogP contribution in [0.15, 0.2) is 53.4 Å². The van der Waals surface area contributed by atoms with Gasteiger partial charge in [-0.05, 0) is 48.2 Å². The van der Waals surface area contributed by atoms with Gasteiger partial charge in [-0.25, -0.2) is 4.98 Å². The maximum atomic E-state index is 13.3. The van der Waals surface area contributed by atoms with Crippen LogP contribution < -0.4 is 14.4 Å². The summed E-state index contributed by atoms with van der Waals surface area (Å²) in [5.41, 5.74) is 1.76. The molecule has 1 amide bonds. The number of fused-ring (bicyclic) bond motifs is 1. The summed E-state index contributed by atoms with van der Waals surface area (Å²) in [7, 11) is 2.97. The van der Waals surface area contributed by atoms with Gasteiger partial charge in [0.25, 0.3) is 5.78 Å². The number of rotatable bonds is 5. The molecule has 1 unspecified atom stereocenters. The number of thiazole rings is 1. The quantitative estimate of drug-likeness (QED) is 0.196. The van der Waals surface area contributed by atoms with Gasteiger partial charge in [-0.15, -0.1) is 11.3 Å². The number of carbonyl (C=O) groups is 2. The lowest BCUT2D eigenvalue weighted by atomic mass is 9.99. The van der Waals surface area contributed by atoms with Crippen LogP contribution in [0.2, 0.25) is 5.02 Å². The summed E-state index contributed by atoms with van der Waals surface area (Å²) in [4.78, 5) is 33.4. The van der Waals surface area contributed by atoms with E-state index in [0.717, 1.165) is 10.3 Å². The third-order valence-electron chi connectivity index (χ3n) is 5.78. The minimum atomic E-state index is -0.848. The molecule has 1 saturated heterocycles. The van der Waals surface area contributed by atoms with Gasteiger partial charge in [0.15, 0.2) is 5.13 Å². The molecule has 5 rings (SSSR count). The Morgan fingerprint density at radius 3 is 2.63 bits per heavy atom. The third-order valence-corrected chi connectivity index (χ3v) is 8.13. The first-order valence-corrected chi connectivity index (χ1v) is 12.5. The Morgan fingerprint density at radius 1 is 1.14 bits per heavy atom. The summed E-state index contributed by atoms with van der Waals surface area (Å²) in [6, 6.07) is 11.3. The van der Waals surface area contributed by atoms with E-state index in [-0.39, 0.29) is 16.9 Å². The molecule has 0 radical (unpaired) electrons. The Kier molecular flexibility index (Phi) is 6.00. The maximum Gasteiger partial charge on any atom is 0.301 e. The Balaban J connectivity index is 1.71. The number of halogens is 1. The highest BCUT2D eigenvalue weighted by atomic mass is 35.5.